The van der Waals surface area contributed by atoms with E-state index in [2.05, 4.69) is 5.32 Å². The fourth-order valence-corrected chi connectivity index (χ4v) is 5.87. The molecule has 1 amide bonds. The minimum atomic E-state index is -3.67. The van der Waals surface area contributed by atoms with Gasteiger partial charge in [-0.25, -0.2) is 12.7 Å². The Morgan fingerprint density at radius 2 is 1.90 bits per heavy atom. The molecule has 1 heterocycles. The number of halogens is 2. The second-order valence-electron chi connectivity index (χ2n) is 7.28. The number of anilines is 1. The topological polar surface area (TPSA) is 75.7 Å². The van der Waals surface area contributed by atoms with Gasteiger partial charge in [0.1, 0.15) is 0 Å². The average Bonchev–Trinajstić information content (AvgIpc) is 2.71. The van der Waals surface area contributed by atoms with Gasteiger partial charge in [-0.2, -0.15) is 0 Å². The van der Waals surface area contributed by atoms with E-state index in [0.29, 0.717) is 47.3 Å². The van der Waals surface area contributed by atoms with Crippen molar-refractivity contribution in [2.24, 2.45) is 5.92 Å². The van der Waals surface area contributed by atoms with Gasteiger partial charge in [0.15, 0.2) is 0 Å². The van der Waals surface area contributed by atoms with E-state index in [1.54, 1.807) is 31.4 Å². The van der Waals surface area contributed by atoms with Crippen molar-refractivity contribution in [3.05, 3.63) is 63.6 Å². The molecule has 30 heavy (non-hydrogen) atoms. The molecule has 1 atom stereocenters. The SMILES string of the molecule is COCc1cccc(NC(=O)[C@H]2CCCN(S(=O)(=O)Cc3c(Cl)cccc3Cl)C2)c1. The van der Waals surface area contributed by atoms with Gasteiger partial charge in [0.2, 0.25) is 15.9 Å². The van der Waals surface area contributed by atoms with E-state index in [1.165, 1.54) is 4.31 Å². The number of sulfonamides is 1. The molecule has 1 N–H and O–H groups in total. The zero-order valence-corrected chi connectivity index (χ0v) is 18.9. The third-order valence-corrected chi connectivity index (χ3v) is 7.52. The molecule has 2 aromatic carbocycles. The largest absolute Gasteiger partial charge is 0.380 e. The van der Waals surface area contributed by atoms with Crippen LogP contribution in [0.15, 0.2) is 42.5 Å². The molecular formula is C21H24Cl2N2O4S. The zero-order valence-electron chi connectivity index (χ0n) is 16.6. The highest BCUT2D eigenvalue weighted by molar-refractivity contribution is 7.88. The Bertz CT molecular complexity index is 994. The van der Waals surface area contributed by atoms with Gasteiger partial charge in [-0.05, 0) is 42.7 Å². The van der Waals surface area contributed by atoms with Crippen molar-refractivity contribution < 1.29 is 17.9 Å². The first-order valence-electron chi connectivity index (χ1n) is 9.59. The predicted octanol–water partition coefficient (Wildman–Crippen LogP) is 4.32. The number of amides is 1. The molecule has 0 aromatic heterocycles. The molecule has 6 nitrogen and oxygen atoms in total. The number of ether oxygens (including phenoxy) is 1. The summed E-state index contributed by atoms with van der Waals surface area (Å²) in [6.45, 7) is 0.954. The highest BCUT2D eigenvalue weighted by Crippen LogP contribution is 2.29. The normalized spacial score (nSPS) is 17.6. The lowest BCUT2D eigenvalue weighted by atomic mass is 9.98. The Labute approximate surface area is 187 Å². The highest BCUT2D eigenvalue weighted by Gasteiger charge is 2.33. The highest BCUT2D eigenvalue weighted by atomic mass is 35.5. The fraction of sp³-hybridized carbons (Fsp3) is 0.381. The van der Waals surface area contributed by atoms with E-state index in [-0.39, 0.29) is 18.2 Å². The molecule has 1 aliphatic heterocycles. The van der Waals surface area contributed by atoms with Crippen molar-refractivity contribution in [1.29, 1.82) is 0 Å². The minimum absolute atomic E-state index is 0.133. The molecule has 1 fully saturated rings. The number of carbonyl (C=O) groups is 1. The molecular weight excluding hydrogens is 447 g/mol. The van der Waals surface area contributed by atoms with Gasteiger partial charge in [0.05, 0.1) is 18.3 Å². The molecule has 0 aliphatic carbocycles. The number of methoxy groups -OCH3 is 1. The molecule has 0 saturated carbocycles. The number of carbonyl (C=O) groups excluding carboxylic acids is 1. The summed E-state index contributed by atoms with van der Waals surface area (Å²) >= 11 is 12.3. The second-order valence-corrected chi connectivity index (χ2v) is 10.1. The Balaban J connectivity index is 1.68. The van der Waals surface area contributed by atoms with Crippen molar-refractivity contribution in [1.82, 2.24) is 4.31 Å². The average molecular weight is 471 g/mol. The first-order valence-corrected chi connectivity index (χ1v) is 12.0. The molecule has 162 valence electrons. The van der Waals surface area contributed by atoms with Crippen LogP contribution in [0.3, 0.4) is 0 Å². The van der Waals surface area contributed by atoms with Crippen LogP contribution in [0.25, 0.3) is 0 Å². The Kier molecular flexibility index (Phi) is 7.76. The van der Waals surface area contributed by atoms with Gasteiger partial charge in [-0.1, -0.05) is 41.4 Å². The Morgan fingerprint density at radius 1 is 1.20 bits per heavy atom. The lowest BCUT2D eigenvalue weighted by Gasteiger charge is -2.31. The van der Waals surface area contributed by atoms with E-state index in [4.69, 9.17) is 27.9 Å². The third-order valence-electron chi connectivity index (χ3n) is 5.04. The Hall–Kier alpha value is -1.64. The molecule has 0 unspecified atom stereocenters. The van der Waals surface area contributed by atoms with Crippen molar-refractivity contribution >= 4 is 44.8 Å². The van der Waals surface area contributed by atoms with E-state index < -0.39 is 15.9 Å². The van der Waals surface area contributed by atoms with Crippen LogP contribution in [0.1, 0.15) is 24.0 Å². The first-order chi connectivity index (χ1) is 14.3. The molecule has 9 heteroatoms. The summed E-state index contributed by atoms with van der Waals surface area (Å²) in [5, 5.41) is 3.52. The quantitative estimate of drug-likeness (QED) is 0.653. The maximum absolute atomic E-state index is 13.0. The summed E-state index contributed by atoms with van der Waals surface area (Å²) in [5.74, 6) is -0.916. The summed E-state index contributed by atoms with van der Waals surface area (Å²) in [7, 11) is -2.06. The summed E-state index contributed by atoms with van der Waals surface area (Å²) in [5.41, 5.74) is 1.99. The summed E-state index contributed by atoms with van der Waals surface area (Å²) in [6.07, 6.45) is 1.24. The minimum Gasteiger partial charge on any atom is -0.380 e. The summed E-state index contributed by atoms with van der Waals surface area (Å²) < 4.78 is 32.4. The fourth-order valence-electron chi connectivity index (χ4n) is 3.50. The number of hydrogen-bond donors (Lipinski definition) is 1. The van der Waals surface area contributed by atoms with E-state index in [1.807, 2.05) is 18.2 Å². The van der Waals surface area contributed by atoms with Crippen LogP contribution in [-0.2, 0) is 31.9 Å². The lowest BCUT2D eigenvalue weighted by Crippen LogP contribution is -2.44. The monoisotopic (exact) mass is 470 g/mol. The molecule has 2 aromatic rings. The first kappa shape index (κ1) is 23.0. The van der Waals surface area contributed by atoms with Crippen molar-refractivity contribution in [2.45, 2.75) is 25.2 Å². The molecule has 1 saturated heterocycles. The molecule has 0 spiro atoms. The van der Waals surface area contributed by atoms with Crippen molar-refractivity contribution in [3.63, 3.8) is 0 Å². The third kappa shape index (κ3) is 5.74. The van der Waals surface area contributed by atoms with Crippen LogP contribution in [0.5, 0.6) is 0 Å². The molecule has 0 bridgehead atoms. The van der Waals surface area contributed by atoms with Crippen LogP contribution >= 0.6 is 23.2 Å². The van der Waals surface area contributed by atoms with Gasteiger partial charge in [0.25, 0.3) is 0 Å². The van der Waals surface area contributed by atoms with Crippen LogP contribution in [-0.4, -0.2) is 38.8 Å². The van der Waals surface area contributed by atoms with Gasteiger partial charge in [-0.15, -0.1) is 0 Å². The van der Waals surface area contributed by atoms with Crippen LogP contribution in [0.4, 0.5) is 5.69 Å². The van der Waals surface area contributed by atoms with Crippen LogP contribution in [0, 0.1) is 5.92 Å². The molecule has 3 rings (SSSR count). The van der Waals surface area contributed by atoms with Crippen LogP contribution < -0.4 is 5.32 Å². The predicted molar refractivity (Wildman–Crippen MR) is 119 cm³/mol. The van der Waals surface area contributed by atoms with Gasteiger partial charge < -0.3 is 10.1 Å². The lowest BCUT2D eigenvalue weighted by molar-refractivity contribution is -0.120. The Morgan fingerprint density at radius 3 is 2.60 bits per heavy atom. The smallest absolute Gasteiger partial charge is 0.228 e. The van der Waals surface area contributed by atoms with Crippen molar-refractivity contribution in [2.75, 3.05) is 25.5 Å². The van der Waals surface area contributed by atoms with Gasteiger partial charge in [0, 0.05) is 41.5 Å². The zero-order chi connectivity index (χ0) is 21.7. The van der Waals surface area contributed by atoms with Crippen LogP contribution in [0.2, 0.25) is 10.0 Å². The van der Waals surface area contributed by atoms with E-state index >= 15 is 0 Å². The van der Waals surface area contributed by atoms with E-state index in [0.717, 1.165) is 5.56 Å². The molecule has 1 aliphatic rings. The maximum Gasteiger partial charge on any atom is 0.228 e. The molecule has 0 radical (unpaired) electrons. The van der Waals surface area contributed by atoms with Gasteiger partial charge >= 0.3 is 0 Å². The number of benzene rings is 2. The van der Waals surface area contributed by atoms with Crippen molar-refractivity contribution in [3.8, 4) is 0 Å². The number of piperidine rings is 1. The summed E-state index contributed by atoms with van der Waals surface area (Å²) in [4.78, 5) is 12.8. The standard InChI is InChI=1S/C21H24Cl2N2O4S/c1-29-13-15-5-2-7-17(11-15)24-21(26)16-6-4-10-25(12-16)30(27,28)14-18-19(22)8-3-9-20(18)23/h2-3,5,7-9,11,16H,4,6,10,12-14H2,1H3,(H,24,26)/t16-/m0/s1. The number of nitrogens with one attached hydrogen (secondary N) is 1. The number of hydrogen-bond acceptors (Lipinski definition) is 4. The maximum atomic E-state index is 13.0. The number of rotatable bonds is 7. The van der Waals surface area contributed by atoms with Gasteiger partial charge in [-0.3, -0.25) is 4.79 Å². The second kappa shape index (κ2) is 10.1. The van der Waals surface area contributed by atoms with E-state index in [9.17, 15) is 13.2 Å². The summed E-state index contributed by atoms with van der Waals surface area (Å²) in [6, 6.07) is 12.3. The number of nitrogens with zero attached hydrogens (tertiary/aromatic N) is 1.